The molecule has 1 N–H and O–H groups in total. The Hall–Kier alpha value is -0.980. The summed E-state index contributed by atoms with van der Waals surface area (Å²) < 4.78 is 23.4. The molecule has 0 aromatic heterocycles. The highest BCUT2D eigenvalue weighted by Gasteiger charge is 2.33. The van der Waals surface area contributed by atoms with E-state index in [0.29, 0.717) is 26.4 Å². The smallest absolute Gasteiger partial charge is 0.169 e. The van der Waals surface area contributed by atoms with E-state index in [1.54, 1.807) is 0 Å². The molecule has 1 rings (SSSR count). The largest absolute Gasteiger partial charge is 0.396 e. The van der Waals surface area contributed by atoms with Gasteiger partial charge in [0.1, 0.15) is 0 Å². The molecule has 0 unspecified atom stereocenters. The SMILES string of the molecule is CCOC(OCC)C(c1ccc(CCCO)cc1)C(OCC)OCC. The van der Waals surface area contributed by atoms with Gasteiger partial charge in [-0.2, -0.15) is 0 Å². The van der Waals surface area contributed by atoms with Crippen LogP contribution in [-0.4, -0.2) is 50.7 Å². The normalized spacial score (nSPS) is 11.8. The number of aliphatic hydroxyl groups excluding tert-OH is 1. The van der Waals surface area contributed by atoms with Crippen molar-refractivity contribution >= 4 is 0 Å². The van der Waals surface area contributed by atoms with Gasteiger partial charge in [0.15, 0.2) is 12.6 Å². The minimum atomic E-state index is -0.429. The fourth-order valence-corrected chi connectivity index (χ4v) is 2.80. The highest BCUT2D eigenvalue weighted by atomic mass is 16.7. The lowest BCUT2D eigenvalue weighted by atomic mass is 9.95. The molecule has 5 heteroatoms. The summed E-state index contributed by atoms with van der Waals surface area (Å²) in [6.07, 6.45) is 0.772. The minimum absolute atomic E-state index is 0.174. The Morgan fingerprint density at radius 1 is 0.760 bits per heavy atom. The van der Waals surface area contributed by atoms with Crippen LogP contribution in [0.2, 0.25) is 0 Å². The summed E-state index contributed by atoms with van der Waals surface area (Å²) in [5.74, 6) is -0.174. The van der Waals surface area contributed by atoms with Crippen LogP contribution in [0.4, 0.5) is 0 Å². The molecule has 144 valence electrons. The number of aryl methyl sites for hydroxylation is 1. The lowest BCUT2D eigenvalue weighted by molar-refractivity contribution is -0.223. The van der Waals surface area contributed by atoms with Gasteiger partial charge in [-0.25, -0.2) is 0 Å². The number of hydrogen-bond donors (Lipinski definition) is 1. The zero-order valence-electron chi connectivity index (χ0n) is 16.1. The van der Waals surface area contributed by atoms with E-state index in [9.17, 15) is 0 Å². The number of benzene rings is 1. The van der Waals surface area contributed by atoms with Gasteiger partial charge in [0, 0.05) is 33.0 Å². The van der Waals surface area contributed by atoms with Crippen molar-refractivity contribution in [2.75, 3.05) is 33.0 Å². The summed E-state index contributed by atoms with van der Waals surface area (Å²) in [5, 5.41) is 8.99. The van der Waals surface area contributed by atoms with Gasteiger partial charge in [-0.05, 0) is 51.7 Å². The summed E-state index contributed by atoms with van der Waals surface area (Å²) in [6.45, 7) is 10.3. The van der Waals surface area contributed by atoms with Crippen LogP contribution in [-0.2, 0) is 25.4 Å². The fraction of sp³-hybridized carbons (Fsp3) is 0.700. The molecule has 0 amide bonds. The third-order valence-electron chi connectivity index (χ3n) is 3.90. The monoisotopic (exact) mass is 354 g/mol. The third-order valence-corrected chi connectivity index (χ3v) is 3.90. The Morgan fingerprint density at radius 2 is 1.20 bits per heavy atom. The van der Waals surface area contributed by atoms with Crippen LogP contribution >= 0.6 is 0 Å². The average molecular weight is 354 g/mol. The minimum Gasteiger partial charge on any atom is -0.396 e. The van der Waals surface area contributed by atoms with Gasteiger partial charge < -0.3 is 24.1 Å². The van der Waals surface area contributed by atoms with Gasteiger partial charge in [0.2, 0.25) is 0 Å². The molecule has 0 aliphatic heterocycles. The maximum atomic E-state index is 8.99. The molecule has 0 atom stereocenters. The van der Waals surface area contributed by atoms with Crippen molar-refractivity contribution < 1.29 is 24.1 Å². The molecule has 1 aromatic rings. The van der Waals surface area contributed by atoms with E-state index in [2.05, 4.69) is 24.3 Å². The zero-order chi connectivity index (χ0) is 18.5. The Bertz CT molecular complexity index is 406. The summed E-state index contributed by atoms with van der Waals surface area (Å²) in [7, 11) is 0. The molecule has 0 spiro atoms. The highest BCUT2D eigenvalue weighted by molar-refractivity contribution is 5.26. The Kier molecular flexibility index (Phi) is 11.7. The summed E-state index contributed by atoms with van der Waals surface area (Å²) in [5.41, 5.74) is 2.26. The molecule has 5 nitrogen and oxygen atoms in total. The molecule has 0 bridgehead atoms. The molecule has 0 saturated carbocycles. The van der Waals surface area contributed by atoms with Crippen molar-refractivity contribution in [3.05, 3.63) is 35.4 Å². The lowest BCUT2D eigenvalue weighted by Crippen LogP contribution is -2.37. The molecule has 0 radical (unpaired) electrons. The summed E-state index contributed by atoms with van der Waals surface area (Å²) in [6, 6.07) is 8.32. The number of hydrogen-bond acceptors (Lipinski definition) is 5. The third kappa shape index (κ3) is 7.42. The van der Waals surface area contributed by atoms with Crippen LogP contribution in [0.25, 0.3) is 0 Å². The van der Waals surface area contributed by atoms with Gasteiger partial charge in [-0.3, -0.25) is 0 Å². The van der Waals surface area contributed by atoms with E-state index in [4.69, 9.17) is 24.1 Å². The first-order chi connectivity index (χ1) is 12.2. The molecule has 0 saturated heterocycles. The van der Waals surface area contributed by atoms with E-state index in [1.807, 2.05) is 27.7 Å². The molecular weight excluding hydrogens is 320 g/mol. The number of rotatable bonds is 14. The van der Waals surface area contributed by atoms with Gasteiger partial charge in [0.05, 0.1) is 5.92 Å². The first-order valence-electron chi connectivity index (χ1n) is 9.37. The maximum absolute atomic E-state index is 8.99. The van der Waals surface area contributed by atoms with Gasteiger partial charge >= 0.3 is 0 Å². The van der Waals surface area contributed by atoms with E-state index < -0.39 is 12.6 Å². The first-order valence-corrected chi connectivity index (χ1v) is 9.37. The fourth-order valence-electron chi connectivity index (χ4n) is 2.80. The Labute approximate surface area is 152 Å². The Balaban J connectivity index is 3.09. The second-order valence-electron chi connectivity index (χ2n) is 5.65. The zero-order valence-corrected chi connectivity index (χ0v) is 16.1. The van der Waals surface area contributed by atoms with Crippen molar-refractivity contribution in [3.8, 4) is 0 Å². The topological polar surface area (TPSA) is 57.2 Å². The molecule has 0 aliphatic carbocycles. The van der Waals surface area contributed by atoms with Crippen molar-refractivity contribution in [3.63, 3.8) is 0 Å². The molecule has 25 heavy (non-hydrogen) atoms. The van der Waals surface area contributed by atoms with Crippen LogP contribution in [0, 0.1) is 0 Å². The lowest BCUT2D eigenvalue weighted by Gasteiger charge is -2.33. The molecule has 1 aromatic carbocycles. The quantitative estimate of drug-likeness (QED) is 0.518. The van der Waals surface area contributed by atoms with Crippen LogP contribution in [0.3, 0.4) is 0 Å². The molecule has 0 heterocycles. The second-order valence-corrected chi connectivity index (χ2v) is 5.65. The molecule has 0 aliphatic rings. The average Bonchev–Trinajstić information content (AvgIpc) is 2.62. The van der Waals surface area contributed by atoms with Gasteiger partial charge in [0.25, 0.3) is 0 Å². The van der Waals surface area contributed by atoms with E-state index in [-0.39, 0.29) is 12.5 Å². The Morgan fingerprint density at radius 3 is 1.56 bits per heavy atom. The van der Waals surface area contributed by atoms with Crippen molar-refractivity contribution in [1.82, 2.24) is 0 Å². The predicted molar refractivity (Wildman–Crippen MR) is 98.7 cm³/mol. The van der Waals surface area contributed by atoms with Crippen molar-refractivity contribution in [2.24, 2.45) is 0 Å². The highest BCUT2D eigenvalue weighted by Crippen LogP contribution is 2.30. The van der Waals surface area contributed by atoms with E-state index in [1.165, 1.54) is 5.56 Å². The molecule has 0 fully saturated rings. The standard InChI is InChI=1S/C20H34O5/c1-5-22-19(23-6-2)18(20(24-7-3)25-8-4)17-13-11-16(12-14-17)10-9-15-21/h11-14,18-21H,5-10,15H2,1-4H3. The number of aliphatic hydroxyl groups is 1. The van der Waals surface area contributed by atoms with E-state index >= 15 is 0 Å². The van der Waals surface area contributed by atoms with Crippen LogP contribution in [0.15, 0.2) is 24.3 Å². The van der Waals surface area contributed by atoms with Crippen molar-refractivity contribution in [1.29, 1.82) is 0 Å². The number of ether oxygens (including phenoxy) is 4. The molecular formula is C20H34O5. The van der Waals surface area contributed by atoms with Crippen LogP contribution in [0.1, 0.15) is 51.2 Å². The van der Waals surface area contributed by atoms with Crippen LogP contribution < -0.4 is 0 Å². The van der Waals surface area contributed by atoms with E-state index in [0.717, 1.165) is 18.4 Å². The van der Waals surface area contributed by atoms with Gasteiger partial charge in [-0.1, -0.05) is 24.3 Å². The maximum Gasteiger partial charge on any atom is 0.169 e. The van der Waals surface area contributed by atoms with Crippen LogP contribution in [0.5, 0.6) is 0 Å². The second kappa shape index (κ2) is 13.3. The predicted octanol–water partition coefficient (Wildman–Crippen LogP) is 3.49. The summed E-state index contributed by atoms with van der Waals surface area (Å²) >= 11 is 0. The first kappa shape index (κ1) is 22.1. The van der Waals surface area contributed by atoms with Crippen molar-refractivity contribution in [2.45, 2.75) is 59.0 Å². The van der Waals surface area contributed by atoms with Gasteiger partial charge in [-0.15, -0.1) is 0 Å². The summed E-state index contributed by atoms with van der Waals surface area (Å²) in [4.78, 5) is 0.